The molecule has 0 amide bonds. The van der Waals surface area contributed by atoms with E-state index in [1.807, 2.05) is 12.2 Å². The summed E-state index contributed by atoms with van der Waals surface area (Å²) in [5, 5.41) is 0. The smallest absolute Gasteiger partial charge is 0.176 e. The molecule has 1 aliphatic carbocycles. The Hall–Kier alpha value is -0.890. The Balaban J connectivity index is 2.67. The van der Waals surface area contributed by atoms with Gasteiger partial charge in [-0.15, -0.1) is 0 Å². The molecule has 1 rings (SSSR count). The van der Waals surface area contributed by atoms with E-state index in [-0.39, 0.29) is 11.8 Å². The number of ketones is 1. The van der Waals surface area contributed by atoms with Crippen molar-refractivity contribution in [1.82, 2.24) is 4.90 Å². The van der Waals surface area contributed by atoms with Crippen LogP contribution in [-0.2, 0) is 4.79 Å². The van der Waals surface area contributed by atoms with E-state index >= 15 is 0 Å². The van der Waals surface area contributed by atoms with Crippen molar-refractivity contribution in [2.45, 2.75) is 19.9 Å². The first-order valence-electron chi connectivity index (χ1n) is 4.42. The van der Waals surface area contributed by atoms with Crippen LogP contribution in [0, 0.1) is 0 Å². The maximum absolute atomic E-state index is 11.4. The van der Waals surface area contributed by atoms with E-state index < -0.39 is 0 Å². The molecule has 1 unspecified atom stereocenters. The van der Waals surface area contributed by atoms with Crippen LogP contribution in [-0.4, -0.2) is 29.8 Å². The largest absolute Gasteiger partial charge is 0.293 e. The third-order valence-electron chi connectivity index (χ3n) is 2.16. The van der Waals surface area contributed by atoms with Crippen molar-refractivity contribution in [1.29, 1.82) is 0 Å². The molecular formula is C10H15NO. The Kier molecular flexibility index (Phi) is 3.23. The van der Waals surface area contributed by atoms with Crippen LogP contribution < -0.4 is 0 Å². The molecule has 0 aliphatic heterocycles. The van der Waals surface area contributed by atoms with Crippen LogP contribution in [0.4, 0.5) is 0 Å². The summed E-state index contributed by atoms with van der Waals surface area (Å²) in [6, 6.07) is -0.0231. The van der Waals surface area contributed by atoms with Crippen LogP contribution in [0.2, 0.25) is 0 Å². The number of carbonyl (C=O) groups excluding carboxylic acids is 1. The number of rotatable bonds is 3. The Bertz CT molecular complexity index is 214. The summed E-state index contributed by atoms with van der Waals surface area (Å²) in [4.78, 5) is 13.5. The summed E-state index contributed by atoms with van der Waals surface area (Å²) in [5.74, 6) is 0.196. The van der Waals surface area contributed by atoms with Crippen LogP contribution in [0.5, 0.6) is 0 Å². The van der Waals surface area contributed by atoms with Crippen molar-refractivity contribution >= 4 is 5.78 Å². The highest BCUT2D eigenvalue weighted by atomic mass is 16.1. The highest BCUT2D eigenvalue weighted by Crippen LogP contribution is 2.07. The molecule has 2 heteroatoms. The molecule has 1 atom stereocenters. The average Bonchev–Trinajstić information content (AvgIpc) is 2.10. The fourth-order valence-corrected chi connectivity index (χ4v) is 1.43. The lowest BCUT2D eigenvalue weighted by molar-refractivity contribution is -0.118. The second kappa shape index (κ2) is 4.21. The van der Waals surface area contributed by atoms with Gasteiger partial charge >= 0.3 is 0 Å². The maximum Gasteiger partial charge on any atom is 0.176 e. The van der Waals surface area contributed by atoms with Gasteiger partial charge in [-0.1, -0.05) is 32.1 Å². The molecule has 0 aromatic heterocycles. The monoisotopic (exact) mass is 165 g/mol. The van der Waals surface area contributed by atoms with Gasteiger partial charge in [0.15, 0.2) is 5.78 Å². The minimum absolute atomic E-state index is 0.0231. The summed E-state index contributed by atoms with van der Waals surface area (Å²) >= 11 is 0. The molecule has 12 heavy (non-hydrogen) atoms. The first-order chi connectivity index (χ1) is 5.79. The zero-order chi connectivity index (χ0) is 8.97. The molecule has 0 aromatic carbocycles. The summed E-state index contributed by atoms with van der Waals surface area (Å²) in [5.41, 5.74) is 0. The van der Waals surface area contributed by atoms with E-state index in [1.54, 1.807) is 12.2 Å². The lowest BCUT2D eigenvalue weighted by atomic mass is 10.1. The van der Waals surface area contributed by atoms with E-state index in [0.717, 1.165) is 13.1 Å². The Labute approximate surface area is 73.6 Å². The number of hydrogen-bond acceptors (Lipinski definition) is 2. The van der Waals surface area contributed by atoms with Crippen molar-refractivity contribution in [3.63, 3.8) is 0 Å². The van der Waals surface area contributed by atoms with Gasteiger partial charge in [0.2, 0.25) is 0 Å². The van der Waals surface area contributed by atoms with Crippen molar-refractivity contribution < 1.29 is 4.79 Å². The van der Waals surface area contributed by atoms with Gasteiger partial charge in [-0.3, -0.25) is 9.69 Å². The van der Waals surface area contributed by atoms with E-state index in [9.17, 15) is 4.79 Å². The Morgan fingerprint density at radius 2 is 2.00 bits per heavy atom. The Morgan fingerprint density at radius 1 is 1.33 bits per heavy atom. The third kappa shape index (κ3) is 1.83. The molecule has 0 saturated carbocycles. The van der Waals surface area contributed by atoms with Gasteiger partial charge in [-0.2, -0.15) is 0 Å². The molecule has 0 aromatic rings. The second-order valence-corrected chi connectivity index (χ2v) is 2.81. The van der Waals surface area contributed by atoms with E-state index in [2.05, 4.69) is 18.7 Å². The predicted molar refractivity (Wildman–Crippen MR) is 50.0 cm³/mol. The molecule has 0 saturated heterocycles. The molecule has 0 radical (unpaired) electrons. The van der Waals surface area contributed by atoms with Gasteiger partial charge < -0.3 is 0 Å². The first kappa shape index (κ1) is 9.20. The predicted octanol–water partition coefficient (Wildman–Crippen LogP) is 1.39. The quantitative estimate of drug-likeness (QED) is 0.630. The fraction of sp³-hybridized carbons (Fsp3) is 0.500. The van der Waals surface area contributed by atoms with Gasteiger partial charge in [0, 0.05) is 0 Å². The zero-order valence-electron chi connectivity index (χ0n) is 7.66. The lowest BCUT2D eigenvalue weighted by Gasteiger charge is -2.25. The van der Waals surface area contributed by atoms with Crippen LogP contribution in [0.25, 0.3) is 0 Å². The van der Waals surface area contributed by atoms with Gasteiger partial charge in [-0.05, 0) is 19.2 Å². The molecule has 0 bridgehead atoms. The van der Waals surface area contributed by atoms with E-state index in [0.29, 0.717) is 0 Å². The molecule has 0 fully saturated rings. The molecular weight excluding hydrogens is 150 g/mol. The Morgan fingerprint density at radius 3 is 2.50 bits per heavy atom. The minimum Gasteiger partial charge on any atom is -0.293 e. The average molecular weight is 165 g/mol. The fourth-order valence-electron chi connectivity index (χ4n) is 1.43. The highest BCUT2D eigenvalue weighted by Gasteiger charge is 2.19. The van der Waals surface area contributed by atoms with Crippen LogP contribution in [0.15, 0.2) is 24.3 Å². The first-order valence-corrected chi connectivity index (χ1v) is 4.42. The van der Waals surface area contributed by atoms with Crippen LogP contribution in [0.1, 0.15) is 13.8 Å². The number of carbonyl (C=O) groups is 1. The standard InChI is InChI=1S/C10H15NO/c1-3-11(4-2)9-7-5-6-8-10(9)12/h5-9H,3-4H2,1-2H3. The van der Waals surface area contributed by atoms with Crippen LogP contribution in [0.3, 0.4) is 0 Å². The maximum atomic E-state index is 11.4. The number of nitrogens with zero attached hydrogens (tertiary/aromatic N) is 1. The normalized spacial score (nSPS) is 22.2. The zero-order valence-corrected chi connectivity index (χ0v) is 7.66. The lowest BCUT2D eigenvalue weighted by Crippen LogP contribution is -2.39. The van der Waals surface area contributed by atoms with Gasteiger partial charge in [0.25, 0.3) is 0 Å². The third-order valence-corrected chi connectivity index (χ3v) is 2.16. The highest BCUT2D eigenvalue weighted by molar-refractivity contribution is 5.97. The summed E-state index contributed by atoms with van der Waals surface area (Å²) < 4.78 is 0. The SMILES string of the molecule is CCN(CC)C1C=CC=CC1=O. The molecule has 66 valence electrons. The van der Waals surface area contributed by atoms with E-state index in [1.165, 1.54) is 0 Å². The van der Waals surface area contributed by atoms with Crippen LogP contribution >= 0.6 is 0 Å². The summed E-state index contributed by atoms with van der Waals surface area (Å²) in [6.07, 6.45) is 7.32. The molecule has 2 nitrogen and oxygen atoms in total. The molecule has 0 N–H and O–H groups in total. The molecule has 1 aliphatic rings. The molecule has 0 spiro atoms. The molecule has 0 heterocycles. The number of hydrogen-bond donors (Lipinski definition) is 0. The van der Waals surface area contributed by atoms with Crippen molar-refractivity contribution in [2.75, 3.05) is 13.1 Å². The van der Waals surface area contributed by atoms with E-state index in [4.69, 9.17) is 0 Å². The van der Waals surface area contributed by atoms with Crippen molar-refractivity contribution in [3.8, 4) is 0 Å². The van der Waals surface area contributed by atoms with Gasteiger partial charge in [-0.25, -0.2) is 0 Å². The topological polar surface area (TPSA) is 20.3 Å². The van der Waals surface area contributed by atoms with Crippen molar-refractivity contribution in [2.24, 2.45) is 0 Å². The van der Waals surface area contributed by atoms with Gasteiger partial charge in [0.05, 0.1) is 6.04 Å². The second-order valence-electron chi connectivity index (χ2n) is 2.81. The number of likely N-dealkylation sites (N-methyl/N-ethyl adjacent to an activating group) is 1. The van der Waals surface area contributed by atoms with Gasteiger partial charge in [0.1, 0.15) is 0 Å². The van der Waals surface area contributed by atoms with Crippen molar-refractivity contribution in [3.05, 3.63) is 24.3 Å². The number of allylic oxidation sites excluding steroid dienone is 2. The summed E-state index contributed by atoms with van der Waals surface area (Å²) in [7, 11) is 0. The minimum atomic E-state index is -0.0231. The summed E-state index contributed by atoms with van der Waals surface area (Å²) in [6.45, 7) is 5.99.